The van der Waals surface area contributed by atoms with E-state index in [9.17, 15) is 18.0 Å². The number of aliphatic carboxylic acids is 1. The Balaban J connectivity index is 4.78. The van der Waals surface area contributed by atoms with Crippen molar-refractivity contribution in [1.29, 1.82) is 0 Å². The van der Waals surface area contributed by atoms with E-state index in [2.05, 4.69) is 5.32 Å². The van der Waals surface area contributed by atoms with Crippen molar-refractivity contribution < 1.29 is 27.9 Å². The molecule has 18 heavy (non-hydrogen) atoms. The van der Waals surface area contributed by atoms with Gasteiger partial charge in [0.2, 0.25) is 0 Å². The zero-order chi connectivity index (χ0) is 14.8. The summed E-state index contributed by atoms with van der Waals surface area (Å²) in [4.78, 5) is 22.3. The summed E-state index contributed by atoms with van der Waals surface area (Å²) in [7, 11) is -3.87. The van der Waals surface area contributed by atoms with Crippen molar-refractivity contribution in [2.75, 3.05) is 12.8 Å². The molecule has 0 radical (unpaired) electrons. The number of ether oxygens (including phenoxy) is 1. The quantitative estimate of drug-likeness (QED) is 0.771. The molecule has 0 aliphatic heterocycles. The highest BCUT2D eigenvalue weighted by Crippen LogP contribution is 2.16. The van der Waals surface area contributed by atoms with E-state index in [0.29, 0.717) is 0 Å². The van der Waals surface area contributed by atoms with Crippen LogP contribution >= 0.6 is 0 Å². The summed E-state index contributed by atoms with van der Waals surface area (Å²) < 4.78 is 25.6. The zero-order valence-electron chi connectivity index (χ0n) is 11.1. The van der Waals surface area contributed by atoms with E-state index >= 15 is 0 Å². The summed E-state index contributed by atoms with van der Waals surface area (Å²) in [6.45, 7) is 5.39. The van der Waals surface area contributed by atoms with Gasteiger partial charge in [0, 0.05) is 6.26 Å². The first-order chi connectivity index (χ1) is 7.79. The lowest BCUT2D eigenvalue weighted by atomic mass is 10.2. The fourth-order valence-corrected chi connectivity index (χ4v) is 1.57. The number of nitrogens with one attached hydrogen (secondary N) is 1. The molecule has 0 saturated heterocycles. The van der Waals surface area contributed by atoms with Crippen molar-refractivity contribution >= 4 is 21.9 Å². The van der Waals surface area contributed by atoms with E-state index in [1.807, 2.05) is 0 Å². The van der Waals surface area contributed by atoms with E-state index in [0.717, 1.165) is 13.2 Å². The third-order valence-electron chi connectivity index (χ3n) is 2.24. The molecule has 0 heterocycles. The third-order valence-corrected chi connectivity index (χ3v) is 4.20. The van der Waals surface area contributed by atoms with Crippen LogP contribution in [0.2, 0.25) is 0 Å². The summed E-state index contributed by atoms with van der Waals surface area (Å²) in [5, 5.41) is 11.1. The van der Waals surface area contributed by atoms with E-state index in [1.165, 1.54) is 0 Å². The van der Waals surface area contributed by atoms with Gasteiger partial charge in [-0.1, -0.05) is 0 Å². The Morgan fingerprint density at radius 3 is 1.94 bits per heavy atom. The molecule has 0 aromatic carbocycles. The molecule has 0 spiro atoms. The molecule has 0 aliphatic carbocycles. The number of hydrogen-bond donors (Lipinski definition) is 2. The van der Waals surface area contributed by atoms with E-state index in [4.69, 9.17) is 9.84 Å². The van der Waals surface area contributed by atoms with Crippen LogP contribution in [0.1, 0.15) is 27.7 Å². The van der Waals surface area contributed by atoms with Crippen LogP contribution in [0.5, 0.6) is 0 Å². The van der Waals surface area contributed by atoms with Crippen molar-refractivity contribution in [2.45, 2.75) is 38.0 Å². The first kappa shape index (κ1) is 16.7. The minimum Gasteiger partial charge on any atom is -0.480 e. The van der Waals surface area contributed by atoms with Crippen molar-refractivity contribution in [3.8, 4) is 0 Å². The number of carboxylic acid groups (broad SMARTS) is 1. The Morgan fingerprint density at radius 2 is 1.67 bits per heavy atom. The topological polar surface area (TPSA) is 110 Å². The Morgan fingerprint density at radius 1 is 1.22 bits per heavy atom. The molecule has 7 nitrogen and oxygen atoms in total. The SMILES string of the molecule is CC(C)(C)OC(=O)NCC(C)(C(=O)O)S(C)(=O)=O. The number of hydrogen-bond acceptors (Lipinski definition) is 5. The predicted octanol–water partition coefficient (Wildman–Crippen LogP) is 0.399. The number of rotatable bonds is 4. The smallest absolute Gasteiger partial charge is 0.407 e. The van der Waals surface area contributed by atoms with Crippen LogP contribution in [-0.4, -0.2) is 48.7 Å². The van der Waals surface area contributed by atoms with E-state index < -0.39 is 38.8 Å². The van der Waals surface area contributed by atoms with Crippen LogP contribution in [0.25, 0.3) is 0 Å². The van der Waals surface area contributed by atoms with Gasteiger partial charge in [-0.05, 0) is 27.7 Å². The van der Waals surface area contributed by atoms with Crippen LogP contribution in [0.3, 0.4) is 0 Å². The molecule has 1 unspecified atom stereocenters. The highest BCUT2D eigenvalue weighted by atomic mass is 32.2. The van der Waals surface area contributed by atoms with Crippen molar-refractivity contribution in [2.24, 2.45) is 0 Å². The molecule has 0 rings (SSSR count). The minimum absolute atomic E-state index is 0.559. The maximum atomic E-state index is 11.4. The molecule has 0 fully saturated rings. The van der Waals surface area contributed by atoms with Crippen molar-refractivity contribution in [1.82, 2.24) is 5.32 Å². The summed E-state index contributed by atoms with van der Waals surface area (Å²) in [5.74, 6) is -1.53. The van der Waals surface area contributed by atoms with Gasteiger partial charge in [0.15, 0.2) is 14.6 Å². The van der Waals surface area contributed by atoms with Gasteiger partial charge >= 0.3 is 12.1 Å². The van der Waals surface area contributed by atoms with Crippen molar-refractivity contribution in [3.63, 3.8) is 0 Å². The number of carbonyl (C=O) groups excluding carboxylic acids is 1. The van der Waals surface area contributed by atoms with Gasteiger partial charge in [-0.25, -0.2) is 13.2 Å². The molecule has 2 N–H and O–H groups in total. The Kier molecular flexibility index (Phi) is 4.76. The predicted molar refractivity (Wildman–Crippen MR) is 65.1 cm³/mol. The molecule has 0 aromatic rings. The average Bonchev–Trinajstić information content (AvgIpc) is 2.08. The first-order valence-electron chi connectivity index (χ1n) is 5.19. The van der Waals surface area contributed by atoms with Gasteiger partial charge in [-0.2, -0.15) is 0 Å². The largest absolute Gasteiger partial charge is 0.480 e. The lowest BCUT2D eigenvalue weighted by Gasteiger charge is -2.25. The summed E-state index contributed by atoms with van der Waals surface area (Å²) in [6, 6.07) is 0. The lowest BCUT2D eigenvalue weighted by molar-refractivity contribution is -0.139. The van der Waals surface area contributed by atoms with E-state index in [1.54, 1.807) is 20.8 Å². The minimum atomic E-state index is -3.87. The van der Waals surface area contributed by atoms with Gasteiger partial charge in [0.1, 0.15) is 5.60 Å². The highest BCUT2D eigenvalue weighted by Gasteiger charge is 2.44. The molecule has 0 saturated carbocycles. The van der Waals surface area contributed by atoms with Crippen LogP contribution in [0.15, 0.2) is 0 Å². The number of carbonyl (C=O) groups is 2. The molecule has 8 heteroatoms. The number of alkyl carbamates (subject to hydrolysis) is 1. The Hall–Kier alpha value is -1.31. The fourth-order valence-electron chi connectivity index (χ4n) is 0.920. The standard InChI is InChI=1S/C10H19NO6S/c1-9(2,3)17-8(14)11-6-10(4,7(12)13)18(5,15)16/h6H2,1-5H3,(H,11,14)(H,12,13). The normalized spacial score (nSPS) is 15.6. The highest BCUT2D eigenvalue weighted by molar-refractivity contribution is 7.92. The second-order valence-electron chi connectivity index (χ2n) is 5.16. The first-order valence-corrected chi connectivity index (χ1v) is 7.08. The van der Waals surface area contributed by atoms with Crippen molar-refractivity contribution in [3.05, 3.63) is 0 Å². The molecule has 1 amide bonds. The molecular weight excluding hydrogens is 262 g/mol. The van der Waals surface area contributed by atoms with Gasteiger partial charge in [-0.3, -0.25) is 4.79 Å². The van der Waals surface area contributed by atoms with Crippen LogP contribution < -0.4 is 5.32 Å². The summed E-state index contributed by atoms with van der Waals surface area (Å²) in [6.07, 6.45) is -0.0589. The van der Waals surface area contributed by atoms with E-state index in [-0.39, 0.29) is 0 Å². The summed E-state index contributed by atoms with van der Waals surface area (Å²) in [5.41, 5.74) is -0.741. The second kappa shape index (κ2) is 5.13. The number of sulfone groups is 1. The Labute approximate surface area is 106 Å². The monoisotopic (exact) mass is 281 g/mol. The number of carboxylic acids is 1. The maximum Gasteiger partial charge on any atom is 0.407 e. The Bertz CT molecular complexity index is 436. The van der Waals surface area contributed by atoms with Gasteiger partial charge < -0.3 is 15.2 Å². The fraction of sp³-hybridized carbons (Fsp3) is 0.800. The number of amides is 1. The average molecular weight is 281 g/mol. The zero-order valence-corrected chi connectivity index (χ0v) is 11.9. The van der Waals surface area contributed by atoms with Gasteiger partial charge in [-0.15, -0.1) is 0 Å². The molecular formula is C10H19NO6S. The maximum absolute atomic E-state index is 11.4. The molecule has 106 valence electrons. The lowest BCUT2D eigenvalue weighted by Crippen LogP contribution is -2.52. The van der Waals surface area contributed by atoms with Crippen LogP contribution in [0.4, 0.5) is 4.79 Å². The molecule has 0 bridgehead atoms. The molecule has 1 atom stereocenters. The third kappa shape index (κ3) is 4.52. The molecule has 0 aliphatic rings. The molecule has 0 aromatic heterocycles. The second-order valence-corrected chi connectivity index (χ2v) is 7.61. The van der Waals surface area contributed by atoms with Crippen LogP contribution in [-0.2, 0) is 19.4 Å². The van der Waals surface area contributed by atoms with Crippen LogP contribution in [0, 0.1) is 0 Å². The van der Waals surface area contributed by atoms with Gasteiger partial charge in [0.05, 0.1) is 6.54 Å². The van der Waals surface area contributed by atoms with Gasteiger partial charge in [0.25, 0.3) is 0 Å². The summed E-state index contributed by atoms with van der Waals surface area (Å²) >= 11 is 0.